The zero-order valence-corrected chi connectivity index (χ0v) is 12.0. The number of Topliss-reactive ketones (excluding diaryl/α,β-unsaturated/α-hetero) is 1. The van der Waals surface area contributed by atoms with Crippen molar-refractivity contribution >= 4 is 29.0 Å². The highest BCUT2D eigenvalue weighted by atomic mass is 16.2. The molecule has 3 rings (SSSR count). The maximum Gasteiger partial charge on any atom is 0.299 e. The van der Waals surface area contributed by atoms with Crippen molar-refractivity contribution in [2.24, 2.45) is 0 Å². The van der Waals surface area contributed by atoms with Crippen LogP contribution in [0.25, 0.3) is 0 Å². The van der Waals surface area contributed by atoms with Crippen LogP contribution in [0.2, 0.25) is 0 Å². The molecule has 22 heavy (non-hydrogen) atoms. The smallest absolute Gasteiger partial charge is 0.299 e. The molecule has 2 amide bonds. The van der Waals surface area contributed by atoms with Crippen molar-refractivity contribution < 1.29 is 14.4 Å². The Labute approximate surface area is 127 Å². The van der Waals surface area contributed by atoms with Crippen LogP contribution in [0.3, 0.4) is 0 Å². The summed E-state index contributed by atoms with van der Waals surface area (Å²) in [6.07, 6.45) is 0. The van der Waals surface area contributed by atoms with Gasteiger partial charge >= 0.3 is 0 Å². The maximum absolute atomic E-state index is 12.1. The van der Waals surface area contributed by atoms with E-state index in [1.54, 1.807) is 36.4 Å². The summed E-state index contributed by atoms with van der Waals surface area (Å²) >= 11 is 0. The highest BCUT2D eigenvalue weighted by Gasteiger charge is 2.37. The minimum absolute atomic E-state index is 0.183. The minimum atomic E-state index is -0.660. The second-order valence-electron chi connectivity index (χ2n) is 5.11. The number of benzene rings is 2. The van der Waals surface area contributed by atoms with Crippen LogP contribution in [0.15, 0.2) is 48.5 Å². The lowest BCUT2D eigenvalue weighted by Gasteiger charge is -2.17. The molecule has 0 aliphatic carbocycles. The number of hydrogen-bond donors (Lipinski definition) is 1. The number of para-hydroxylation sites is 2. The Balaban J connectivity index is 1.83. The third kappa shape index (κ3) is 2.37. The summed E-state index contributed by atoms with van der Waals surface area (Å²) in [7, 11) is 0. The molecule has 1 heterocycles. The van der Waals surface area contributed by atoms with E-state index in [2.05, 4.69) is 5.32 Å². The molecule has 0 bridgehead atoms. The summed E-state index contributed by atoms with van der Waals surface area (Å²) in [5.41, 5.74) is 2.33. The summed E-state index contributed by atoms with van der Waals surface area (Å²) in [5.74, 6) is -1.57. The molecule has 2 aromatic carbocycles. The van der Waals surface area contributed by atoms with E-state index >= 15 is 0 Å². The SMILES string of the molecule is Cc1cccc2c1N(CC(=O)Nc1ccccc1)C(=O)C2=O. The van der Waals surface area contributed by atoms with E-state index in [0.717, 1.165) is 5.56 Å². The fourth-order valence-electron chi connectivity index (χ4n) is 2.56. The van der Waals surface area contributed by atoms with Gasteiger partial charge in [0.2, 0.25) is 5.91 Å². The standard InChI is InChI=1S/C17H14N2O3/c1-11-6-5-9-13-15(11)19(17(22)16(13)21)10-14(20)18-12-7-3-2-4-8-12/h2-9H,10H2,1H3,(H,18,20). The number of hydrogen-bond acceptors (Lipinski definition) is 3. The van der Waals surface area contributed by atoms with Crippen LogP contribution in [0.1, 0.15) is 15.9 Å². The molecule has 0 radical (unpaired) electrons. The van der Waals surface area contributed by atoms with Gasteiger partial charge in [-0.25, -0.2) is 0 Å². The van der Waals surface area contributed by atoms with E-state index in [0.29, 0.717) is 16.9 Å². The van der Waals surface area contributed by atoms with Gasteiger partial charge in [0.25, 0.3) is 11.7 Å². The van der Waals surface area contributed by atoms with Crippen molar-refractivity contribution in [2.45, 2.75) is 6.92 Å². The zero-order valence-electron chi connectivity index (χ0n) is 12.0. The molecule has 1 aliphatic heterocycles. The maximum atomic E-state index is 12.1. The van der Waals surface area contributed by atoms with Gasteiger partial charge in [0.05, 0.1) is 11.3 Å². The molecule has 5 nitrogen and oxygen atoms in total. The van der Waals surface area contributed by atoms with E-state index in [-0.39, 0.29) is 12.5 Å². The van der Waals surface area contributed by atoms with E-state index < -0.39 is 11.7 Å². The number of anilines is 2. The molecule has 0 aromatic heterocycles. The normalized spacial score (nSPS) is 13.2. The number of aryl methyl sites for hydroxylation is 1. The van der Waals surface area contributed by atoms with Gasteiger partial charge in [-0.2, -0.15) is 0 Å². The van der Waals surface area contributed by atoms with Crippen molar-refractivity contribution in [3.8, 4) is 0 Å². The second kappa shape index (κ2) is 5.44. The molecule has 1 N–H and O–H groups in total. The summed E-state index contributed by atoms with van der Waals surface area (Å²) in [6.45, 7) is 1.63. The van der Waals surface area contributed by atoms with Crippen LogP contribution in [0, 0.1) is 6.92 Å². The molecule has 1 aliphatic rings. The predicted molar refractivity (Wildman–Crippen MR) is 82.9 cm³/mol. The Hall–Kier alpha value is -2.95. The Morgan fingerprint density at radius 3 is 2.50 bits per heavy atom. The molecule has 0 unspecified atom stereocenters. The Kier molecular flexibility index (Phi) is 3.47. The lowest BCUT2D eigenvalue weighted by Crippen LogP contribution is -2.37. The van der Waals surface area contributed by atoms with Crippen LogP contribution in [-0.4, -0.2) is 24.1 Å². The van der Waals surface area contributed by atoms with Crippen LogP contribution in [0.5, 0.6) is 0 Å². The number of carbonyl (C=O) groups excluding carboxylic acids is 3. The molecule has 0 saturated carbocycles. The number of nitrogens with zero attached hydrogens (tertiary/aromatic N) is 1. The van der Waals surface area contributed by atoms with Crippen LogP contribution >= 0.6 is 0 Å². The average Bonchev–Trinajstić information content (AvgIpc) is 2.75. The summed E-state index contributed by atoms with van der Waals surface area (Å²) in [4.78, 5) is 37.4. The van der Waals surface area contributed by atoms with Gasteiger partial charge in [-0.3, -0.25) is 19.3 Å². The third-order valence-corrected chi connectivity index (χ3v) is 3.55. The molecule has 0 saturated heterocycles. The van der Waals surface area contributed by atoms with Crippen molar-refractivity contribution in [3.05, 3.63) is 59.7 Å². The lowest BCUT2D eigenvalue weighted by atomic mass is 10.1. The molecule has 110 valence electrons. The van der Waals surface area contributed by atoms with Gasteiger partial charge in [0.1, 0.15) is 6.54 Å². The first-order chi connectivity index (χ1) is 10.6. The van der Waals surface area contributed by atoms with Crippen LogP contribution < -0.4 is 10.2 Å². The number of nitrogens with one attached hydrogen (secondary N) is 1. The average molecular weight is 294 g/mol. The van der Waals surface area contributed by atoms with Gasteiger partial charge in [-0.15, -0.1) is 0 Å². The Morgan fingerprint density at radius 2 is 1.77 bits per heavy atom. The summed E-state index contributed by atoms with van der Waals surface area (Å²) in [6, 6.07) is 14.1. The van der Waals surface area contributed by atoms with E-state index in [1.807, 2.05) is 19.1 Å². The topological polar surface area (TPSA) is 66.5 Å². The summed E-state index contributed by atoms with van der Waals surface area (Å²) in [5, 5.41) is 2.71. The molecular weight excluding hydrogens is 280 g/mol. The summed E-state index contributed by atoms with van der Waals surface area (Å²) < 4.78 is 0. The minimum Gasteiger partial charge on any atom is -0.325 e. The fourth-order valence-corrected chi connectivity index (χ4v) is 2.56. The van der Waals surface area contributed by atoms with E-state index in [4.69, 9.17) is 0 Å². The Bertz CT molecular complexity index is 769. The quantitative estimate of drug-likeness (QED) is 0.882. The first kappa shape index (κ1) is 14.0. The first-order valence-electron chi connectivity index (χ1n) is 6.88. The highest BCUT2D eigenvalue weighted by Crippen LogP contribution is 2.31. The number of carbonyl (C=O) groups is 3. The number of ketones is 1. The van der Waals surface area contributed by atoms with Gasteiger partial charge in [-0.1, -0.05) is 30.3 Å². The van der Waals surface area contributed by atoms with Gasteiger partial charge in [0.15, 0.2) is 0 Å². The molecule has 0 atom stereocenters. The monoisotopic (exact) mass is 294 g/mol. The highest BCUT2D eigenvalue weighted by molar-refractivity contribution is 6.52. The molecular formula is C17H14N2O3. The van der Waals surface area contributed by atoms with Crippen molar-refractivity contribution in [2.75, 3.05) is 16.8 Å². The molecule has 0 fully saturated rings. The first-order valence-corrected chi connectivity index (χ1v) is 6.88. The number of fused-ring (bicyclic) bond motifs is 1. The molecule has 0 spiro atoms. The van der Waals surface area contributed by atoms with Crippen LogP contribution in [0.4, 0.5) is 11.4 Å². The van der Waals surface area contributed by atoms with Crippen molar-refractivity contribution in [1.82, 2.24) is 0 Å². The predicted octanol–water partition coefficient (Wildman–Crippen LogP) is 2.16. The fraction of sp³-hybridized carbons (Fsp3) is 0.118. The largest absolute Gasteiger partial charge is 0.325 e. The third-order valence-electron chi connectivity index (χ3n) is 3.55. The lowest BCUT2D eigenvalue weighted by molar-refractivity contribution is -0.118. The zero-order chi connectivity index (χ0) is 15.7. The van der Waals surface area contributed by atoms with Gasteiger partial charge in [-0.05, 0) is 30.7 Å². The number of rotatable bonds is 3. The van der Waals surface area contributed by atoms with E-state index in [9.17, 15) is 14.4 Å². The van der Waals surface area contributed by atoms with E-state index in [1.165, 1.54) is 4.90 Å². The molecule has 5 heteroatoms. The Morgan fingerprint density at radius 1 is 1.05 bits per heavy atom. The van der Waals surface area contributed by atoms with Crippen LogP contribution in [-0.2, 0) is 9.59 Å². The second-order valence-corrected chi connectivity index (χ2v) is 5.11. The van der Waals surface area contributed by atoms with Gasteiger partial charge < -0.3 is 5.32 Å². The van der Waals surface area contributed by atoms with Crippen molar-refractivity contribution in [3.63, 3.8) is 0 Å². The van der Waals surface area contributed by atoms with Gasteiger partial charge in [0, 0.05) is 5.69 Å². The van der Waals surface area contributed by atoms with Crippen molar-refractivity contribution in [1.29, 1.82) is 0 Å². The molecule has 2 aromatic rings. The number of amides is 2.